The molecule has 1 aromatic heterocycles. The minimum Gasteiger partial charge on any atom is -0.490 e. The lowest BCUT2D eigenvalue weighted by molar-refractivity contribution is -0.388. The molecule has 19 heavy (non-hydrogen) atoms. The van der Waals surface area contributed by atoms with Crippen LogP contribution in [0, 0.1) is 15.9 Å². The van der Waals surface area contributed by atoms with Crippen LogP contribution in [0.2, 0.25) is 0 Å². The number of rotatable bonds is 4. The largest absolute Gasteiger partial charge is 0.490 e. The predicted molar refractivity (Wildman–Crippen MR) is 66.5 cm³/mol. The van der Waals surface area contributed by atoms with Gasteiger partial charge in [-0.3, -0.25) is 14.8 Å². The molecule has 0 aliphatic carbocycles. The van der Waals surface area contributed by atoms with E-state index in [4.69, 9.17) is 4.74 Å². The Morgan fingerprint density at radius 3 is 2.74 bits per heavy atom. The smallest absolute Gasteiger partial charge is 0.346 e. The highest BCUT2D eigenvalue weighted by Gasteiger charge is 2.23. The summed E-state index contributed by atoms with van der Waals surface area (Å²) >= 11 is 0. The molecule has 0 aliphatic heterocycles. The quantitative estimate of drug-likeness (QED) is 0.629. The lowest BCUT2D eigenvalue weighted by Crippen LogP contribution is -1.97. The second-order valence-corrected chi connectivity index (χ2v) is 3.85. The molecule has 0 aliphatic rings. The van der Waals surface area contributed by atoms with Crippen LogP contribution in [0.3, 0.4) is 0 Å². The fourth-order valence-electron chi connectivity index (χ4n) is 1.76. The number of nitrogens with zero attached hydrogens (tertiary/aromatic N) is 3. The monoisotopic (exact) mass is 265 g/mol. The van der Waals surface area contributed by atoms with Crippen LogP contribution in [0.15, 0.2) is 24.5 Å². The molecule has 1 heterocycles. The number of nitro groups is 1. The van der Waals surface area contributed by atoms with Crippen molar-refractivity contribution in [3.8, 4) is 16.9 Å². The molecule has 6 nitrogen and oxygen atoms in total. The fourth-order valence-corrected chi connectivity index (χ4v) is 1.76. The Bertz CT molecular complexity index is 625. The zero-order valence-electron chi connectivity index (χ0n) is 10.5. The van der Waals surface area contributed by atoms with E-state index in [0.717, 1.165) is 6.07 Å². The molecule has 0 atom stereocenters. The van der Waals surface area contributed by atoms with Gasteiger partial charge in [-0.15, -0.1) is 0 Å². The van der Waals surface area contributed by atoms with Crippen molar-refractivity contribution in [1.82, 2.24) is 9.78 Å². The van der Waals surface area contributed by atoms with E-state index in [9.17, 15) is 14.5 Å². The topological polar surface area (TPSA) is 70.2 Å². The molecule has 2 rings (SSSR count). The van der Waals surface area contributed by atoms with Gasteiger partial charge in [0.05, 0.1) is 18.2 Å². The summed E-state index contributed by atoms with van der Waals surface area (Å²) < 4.78 is 20.3. The average Bonchev–Trinajstić information content (AvgIpc) is 2.85. The maximum atomic E-state index is 13.8. The second-order valence-electron chi connectivity index (χ2n) is 3.85. The molecular weight excluding hydrogens is 253 g/mol. The third kappa shape index (κ3) is 2.40. The Hall–Kier alpha value is -2.44. The van der Waals surface area contributed by atoms with Gasteiger partial charge in [0.1, 0.15) is 0 Å². The number of hydrogen-bond acceptors (Lipinski definition) is 4. The van der Waals surface area contributed by atoms with E-state index in [1.807, 2.05) is 6.92 Å². The van der Waals surface area contributed by atoms with Crippen molar-refractivity contribution in [1.29, 1.82) is 0 Å². The van der Waals surface area contributed by atoms with Crippen molar-refractivity contribution in [3.63, 3.8) is 0 Å². The van der Waals surface area contributed by atoms with Crippen molar-refractivity contribution < 1.29 is 14.1 Å². The molecule has 100 valence electrons. The van der Waals surface area contributed by atoms with Crippen LogP contribution < -0.4 is 4.74 Å². The van der Waals surface area contributed by atoms with Gasteiger partial charge < -0.3 is 4.74 Å². The van der Waals surface area contributed by atoms with Gasteiger partial charge in [0.15, 0.2) is 0 Å². The van der Waals surface area contributed by atoms with Crippen LogP contribution in [-0.4, -0.2) is 21.8 Å². The van der Waals surface area contributed by atoms with Gasteiger partial charge in [0, 0.05) is 18.3 Å². The molecule has 0 amide bonds. The third-order valence-corrected chi connectivity index (χ3v) is 2.72. The summed E-state index contributed by atoms with van der Waals surface area (Å²) in [7, 11) is 1.26. The van der Waals surface area contributed by atoms with E-state index >= 15 is 0 Å². The van der Waals surface area contributed by atoms with Crippen LogP contribution in [0.5, 0.6) is 5.75 Å². The minimum absolute atomic E-state index is 0.107. The summed E-state index contributed by atoms with van der Waals surface area (Å²) in [6.45, 7) is 2.61. The van der Waals surface area contributed by atoms with Crippen LogP contribution in [0.25, 0.3) is 11.1 Å². The van der Waals surface area contributed by atoms with E-state index in [0.29, 0.717) is 17.7 Å². The van der Waals surface area contributed by atoms with E-state index < -0.39 is 16.4 Å². The van der Waals surface area contributed by atoms with E-state index in [1.54, 1.807) is 17.1 Å². The van der Waals surface area contributed by atoms with Gasteiger partial charge in [0.2, 0.25) is 11.6 Å². The van der Waals surface area contributed by atoms with Crippen LogP contribution >= 0.6 is 0 Å². The van der Waals surface area contributed by atoms with Gasteiger partial charge in [-0.1, -0.05) is 0 Å². The van der Waals surface area contributed by atoms with E-state index in [2.05, 4.69) is 5.10 Å². The number of benzene rings is 1. The van der Waals surface area contributed by atoms with Crippen LogP contribution in [0.4, 0.5) is 10.1 Å². The van der Waals surface area contributed by atoms with Gasteiger partial charge >= 0.3 is 5.69 Å². The van der Waals surface area contributed by atoms with Gasteiger partial charge in [-0.05, 0) is 24.6 Å². The van der Waals surface area contributed by atoms with E-state index in [1.165, 1.54) is 13.2 Å². The predicted octanol–water partition coefficient (Wildman–Crippen LogP) is 2.63. The average molecular weight is 265 g/mol. The standard InChI is InChI=1S/C12H12FN3O3/c1-3-15-7-9(6-14-15)8-4-10(13)12(16(17)18)11(5-8)19-2/h4-7H,3H2,1-2H3. The molecule has 1 aromatic carbocycles. The number of ether oxygens (including phenoxy) is 1. The first kappa shape index (κ1) is 13.0. The maximum absolute atomic E-state index is 13.8. The summed E-state index contributed by atoms with van der Waals surface area (Å²) in [5.74, 6) is -1.03. The summed E-state index contributed by atoms with van der Waals surface area (Å²) in [6, 6.07) is 2.54. The SMILES string of the molecule is CCn1cc(-c2cc(F)c([N+](=O)[O-])c(OC)c2)cn1. The number of nitro benzene ring substituents is 1. The first-order chi connectivity index (χ1) is 9.06. The lowest BCUT2D eigenvalue weighted by Gasteiger charge is -2.05. The minimum atomic E-state index is -0.927. The van der Waals surface area contributed by atoms with E-state index in [-0.39, 0.29) is 5.75 Å². The first-order valence-electron chi connectivity index (χ1n) is 5.61. The molecule has 0 unspecified atom stereocenters. The van der Waals surface area contributed by atoms with Gasteiger partial charge in [0.25, 0.3) is 0 Å². The van der Waals surface area contributed by atoms with Gasteiger partial charge in [-0.25, -0.2) is 0 Å². The highest BCUT2D eigenvalue weighted by atomic mass is 19.1. The lowest BCUT2D eigenvalue weighted by atomic mass is 10.1. The van der Waals surface area contributed by atoms with Crippen molar-refractivity contribution in [3.05, 3.63) is 40.5 Å². The Balaban J connectivity index is 2.54. The van der Waals surface area contributed by atoms with Crippen molar-refractivity contribution in [2.45, 2.75) is 13.5 Å². The molecule has 0 spiro atoms. The number of aryl methyl sites for hydroxylation is 1. The Kier molecular flexibility index (Phi) is 3.46. The summed E-state index contributed by atoms with van der Waals surface area (Å²) in [4.78, 5) is 9.97. The highest BCUT2D eigenvalue weighted by molar-refractivity contribution is 5.67. The zero-order valence-corrected chi connectivity index (χ0v) is 10.5. The Labute approximate surface area is 108 Å². The fraction of sp³-hybridized carbons (Fsp3) is 0.250. The Morgan fingerprint density at radius 1 is 1.47 bits per heavy atom. The van der Waals surface area contributed by atoms with Gasteiger partial charge in [-0.2, -0.15) is 9.49 Å². The number of hydrogen-bond donors (Lipinski definition) is 0. The molecule has 7 heteroatoms. The second kappa shape index (κ2) is 5.05. The van der Waals surface area contributed by atoms with Crippen molar-refractivity contribution in [2.24, 2.45) is 0 Å². The number of methoxy groups -OCH3 is 1. The van der Waals surface area contributed by atoms with Crippen molar-refractivity contribution >= 4 is 5.69 Å². The van der Waals surface area contributed by atoms with Crippen LogP contribution in [-0.2, 0) is 6.54 Å². The summed E-state index contributed by atoms with van der Waals surface area (Å²) in [6.07, 6.45) is 3.31. The first-order valence-corrected chi connectivity index (χ1v) is 5.61. The molecular formula is C12H12FN3O3. The highest BCUT2D eigenvalue weighted by Crippen LogP contribution is 2.34. The maximum Gasteiger partial charge on any atom is 0.346 e. The number of halogens is 1. The summed E-state index contributed by atoms with van der Waals surface area (Å²) in [5, 5.41) is 14.8. The molecule has 0 saturated heterocycles. The normalized spacial score (nSPS) is 10.5. The third-order valence-electron chi connectivity index (χ3n) is 2.72. The summed E-state index contributed by atoms with van der Waals surface area (Å²) in [5.41, 5.74) is 0.503. The molecule has 2 aromatic rings. The Morgan fingerprint density at radius 2 is 2.21 bits per heavy atom. The zero-order chi connectivity index (χ0) is 14.0. The van der Waals surface area contributed by atoms with Crippen molar-refractivity contribution in [2.75, 3.05) is 7.11 Å². The van der Waals surface area contributed by atoms with Crippen LogP contribution in [0.1, 0.15) is 6.92 Å². The number of aromatic nitrogens is 2. The molecule has 0 fully saturated rings. The molecule has 0 saturated carbocycles. The molecule has 0 bridgehead atoms. The molecule has 0 N–H and O–H groups in total. The molecule has 0 radical (unpaired) electrons.